The lowest BCUT2D eigenvalue weighted by atomic mass is 10.2. The van der Waals surface area contributed by atoms with E-state index in [-0.39, 0.29) is 6.42 Å². The standard InChI is InChI=1S/C20H21N3O3S/c1-15-7-9-17(10-8-15)26-14-18-21-22-20(27-12-11-19(24)25)23(18)13-16-5-3-2-4-6-16/h2-10H,11-14H2,1H3,(H,24,25). The molecular weight excluding hydrogens is 362 g/mol. The van der Waals surface area contributed by atoms with Crippen molar-refractivity contribution in [1.29, 1.82) is 0 Å². The highest BCUT2D eigenvalue weighted by Crippen LogP contribution is 2.21. The van der Waals surface area contributed by atoms with E-state index in [1.165, 1.54) is 17.3 Å². The molecule has 0 saturated carbocycles. The molecule has 1 aromatic heterocycles. The largest absolute Gasteiger partial charge is 0.486 e. The molecule has 0 aliphatic carbocycles. The molecule has 27 heavy (non-hydrogen) atoms. The molecule has 0 aliphatic rings. The van der Waals surface area contributed by atoms with Crippen LogP contribution in [0.2, 0.25) is 0 Å². The summed E-state index contributed by atoms with van der Waals surface area (Å²) in [5.41, 5.74) is 2.29. The van der Waals surface area contributed by atoms with E-state index < -0.39 is 5.97 Å². The molecule has 0 bridgehead atoms. The highest BCUT2D eigenvalue weighted by Gasteiger charge is 2.14. The average Bonchev–Trinajstić information content (AvgIpc) is 3.03. The van der Waals surface area contributed by atoms with Crippen LogP contribution < -0.4 is 4.74 Å². The van der Waals surface area contributed by atoms with Gasteiger partial charge in [-0.25, -0.2) is 0 Å². The van der Waals surface area contributed by atoms with Crippen LogP contribution in [-0.2, 0) is 17.9 Å². The number of thioether (sulfide) groups is 1. The summed E-state index contributed by atoms with van der Waals surface area (Å²) in [7, 11) is 0. The van der Waals surface area contributed by atoms with E-state index in [2.05, 4.69) is 10.2 Å². The van der Waals surface area contributed by atoms with Gasteiger partial charge in [-0.05, 0) is 24.6 Å². The molecule has 0 spiro atoms. The molecule has 7 heteroatoms. The topological polar surface area (TPSA) is 77.2 Å². The van der Waals surface area contributed by atoms with Gasteiger partial charge in [0.25, 0.3) is 0 Å². The van der Waals surface area contributed by atoms with Crippen molar-refractivity contribution in [3.63, 3.8) is 0 Å². The van der Waals surface area contributed by atoms with Crippen LogP contribution >= 0.6 is 11.8 Å². The second kappa shape index (κ2) is 9.23. The number of hydrogen-bond acceptors (Lipinski definition) is 5. The molecule has 6 nitrogen and oxygen atoms in total. The van der Waals surface area contributed by atoms with Crippen LogP contribution in [0.3, 0.4) is 0 Å². The summed E-state index contributed by atoms with van der Waals surface area (Å²) >= 11 is 1.39. The molecule has 0 saturated heterocycles. The molecule has 0 atom stereocenters. The van der Waals surface area contributed by atoms with Crippen molar-refractivity contribution in [2.45, 2.75) is 31.7 Å². The van der Waals surface area contributed by atoms with Crippen LogP contribution in [0, 0.1) is 6.92 Å². The van der Waals surface area contributed by atoms with Crippen LogP contribution in [0.5, 0.6) is 5.75 Å². The van der Waals surface area contributed by atoms with Gasteiger partial charge in [-0.1, -0.05) is 59.8 Å². The number of ether oxygens (including phenoxy) is 1. The number of rotatable bonds is 9. The van der Waals surface area contributed by atoms with Crippen LogP contribution in [-0.4, -0.2) is 31.6 Å². The lowest BCUT2D eigenvalue weighted by Crippen LogP contribution is -2.10. The van der Waals surface area contributed by atoms with Gasteiger partial charge in [-0.3, -0.25) is 9.36 Å². The molecule has 0 unspecified atom stereocenters. The Labute approximate surface area is 162 Å². The Balaban J connectivity index is 1.75. The smallest absolute Gasteiger partial charge is 0.304 e. The minimum atomic E-state index is -0.820. The summed E-state index contributed by atoms with van der Waals surface area (Å²) in [6.45, 7) is 2.93. The summed E-state index contributed by atoms with van der Waals surface area (Å²) in [5.74, 6) is 1.10. The maximum Gasteiger partial charge on any atom is 0.304 e. The summed E-state index contributed by atoms with van der Waals surface area (Å²) in [6, 6.07) is 17.9. The Bertz CT molecular complexity index is 879. The number of aliphatic carboxylic acids is 1. The zero-order chi connectivity index (χ0) is 19.1. The molecule has 3 aromatic rings. The quantitative estimate of drug-likeness (QED) is 0.567. The first-order valence-electron chi connectivity index (χ1n) is 8.62. The summed E-state index contributed by atoms with van der Waals surface area (Å²) in [6.07, 6.45) is 0.0814. The maximum atomic E-state index is 10.8. The average molecular weight is 383 g/mol. The fourth-order valence-electron chi connectivity index (χ4n) is 2.47. The van der Waals surface area contributed by atoms with Crippen molar-refractivity contribution in [2.75, 3.05) is 5.75 Å². The number of aromatic nitrogens is 3. The van der Waals surface area contributed by atoms with Crippen molar-refractivity contribution in [3.05, 3.63) is 71.5 Å². The zero-order valence-corrected chi connectivity index (χ0v) is 15.9. The van der Waals surface area contributed by atoms with Crippen molar-refractivity contribution in [1.82, 2.24) is 14.8 Å². The number of carbonyl (C=O) groups is 1. The first-order valence-corrected chi connectivity index (χ1v) is 9.60. The first kappa shape index (κ1) is 19.0. The molecule has 1 heterocycles. The van der Waals surface area contributed by atoms with E-state index >= 15 is 0 Å². The number of benzene rings is 2. The number of aryl methyl sites for hydroxylation is 1. The molecular formula is C20H21N3O3S. The molecule has 1 N–H and O–H groups in total. The molecule has 0 fully saturated rings. The Kier molecular flexibility index (Phi) is 6.49. The van der Waals surface area contributed by atoms with Gasteiger partial charge in [0.05, 0.1) is 13.0 Å². The summed E-state index contributed by atoms with van der Waals surface area (Å²) in [4.78, 5) is 10.8. The van der Waals surface area contributed by atoms with Crippen LogP contribution in [0.25, 0.3) is 0 Å². The van der Waals surface area contributed by atoms with Crippen molar-refractivity contribution >= 4 is 17.7 Å². The predicted molar refractivity (Wildman–Crippen MR) is 104 cm³/mol. The van der Waals surface area contributed by atoms with Crippen molar-refractivity contribution in [3.8, 4) is 5.75 Å². The van der Waals surface area contributed by atoms with Gasteiger partial charge < -0.3 is 9.84 Å². The highest BCUT2D eigenvalue weighted by molar-refractivity contribution is 7.99. The normalized spacial score (nSPS) is 10.7. The van der Waals surface area contributed by atoms with Gasteiger partial charge in [0, 0.05) is 5.75 Å². The van der Waals surface area contributed by atoms with Gasteiger partial charge in [0.15, 0.2) is 11.0 Å². The lowest BCUT2D eigenvalue weighted by molar-refractivity contribution is -0.136. The lowest BCUT2D eigenvalue weighted by Gasteiger charge is -2.11. The van der Waals surface area contributed by atoms with Crippen LogP contribution in [0.4, 0.5) is 0 Å². The molecule has 2 aromatic carbocycles. The molecule has 0 radical (unpaired) electrons. The highest BCUT2D eigenvalue weighted by atomic mass is 32.2. The van der Waals surface area contributed by atoms with Gasteiger partial charge >= 0.3 is 5.97 Å². The number of carboxylic acids is 1. The first-order chi connectivity index (χ1) is 13.1. The fraction of sp³-hybridized carbons (Fsp3) is 0.250. The Hall–Kier alpha value is -2.80. The Morgan fingerprint density at radius 2 is 1.85 bits per heavy atom. The predicted octanol–water partition coefficient (Wildman–Crippen LogP) is 3.78. The van der Waals surface area contributed by atoms with Crippen molar-refractivity contribution < 1.29 is 14.6 Å². The third-order valence-corrected chi connectivity index (χ3v) is 4.88. The van der Waals surface area contributed by atoms with E-state index in [1.807, 2.05) is 66.1 Å². The fourth-order valence-corrected chi connectivity index (χ4v) is 3.35. The second-order valence-corrected chi connectivity index (χ2v) is 7.13. The van der Waals surface area contributed by atoms with Crippen LogP contribution in [0.1, 0.15) is 23.4 Å². The Morgan fingerprint density at radius 3 is 2.56 bits per heavy atom. The van der Waals surface area contributed by atoms with Crippen molar-refractivity contribution in [2.24, 2.45) is 0 Å². The zero-order valence-electron chi connectivity index (χ0n) is 15.0. The molecule has 3 rings (SSSR count). The minimum Gasteiger partial charge on any atom is -0.486 e. The van der Waals surface area contributed by atoms with Gasteiger partial charge in [-0.2, -0.15) is 0 Å². The number of hydrogen-bond donors (Lipinski definition) is 1. The van der Waals surface area contributed by atoms with E-state index in [9.17, 15) is 4.79 Å². The van der Waals surface area contributed by atoms with E-state index in [1.54, 1.807) is 0 Å². The van der Waals surface area contributed by atoms with E-state index in [0.29, 0.717) is 29.9 Å². The molecule has 0 aliphatic heterocycles. The third kappa shape index (κ3) is 5.59. The third-order valence-electron chi connectivity index (χ3n) is 3.91. The maximum absolute atomic E-state index is 10.8. The van der Waals surface area contributed by atoms with Gasteiger partial charge in [-0.15, -0.1) is 10.2 Å². The van der Waals surface area contributed by atoms with E-state index in [0.717, 1.165) is 11.3 Å². The van der Waals surface area contributed by atoms with Gasteiger partial charge in [0.1, 0.15) is 12.4 Å². The molecule has 0 amide bonds. The van der Waals surface area contributed by atoms with E-state index in [4.69, 9.17) is 9.84 Å². The second-order valence-electron chi connectivity index (χ2n) is 6.06. The van der Waals surface area contributed by atoms with Crippen LogP contribution in [0.15, 0.2) is 59.8 Å². The summed E-state index contributed by atoms with van der Waals surface area (Å²) < 4.78 is 7.84. The monoisotopic (exact) mass is 383 g/mol. The summed E-state index contributed by atoms with van der Waals surface area (Å²) in [5, 5.41) is 18.1. The van der Waals surface area contributed by atoms with Gasteiger partial charge in [0.2, 0.25) is 0 Å². The number of nitrogens with zero attached hydrogens (tertiary/aromatic N) is 3. The Morgan fingerprint density at radius 1 is 1.11 bits per heavy atom. The molecule has 140 valence electrons. The number of carboxylic acid groups (broad SMARTS) is 1. The minimum absolute atomic E-state index is 0.0814. The SMILES string of the molecule is Cc1ccc(OCc2nnc(SCCC(=O)O)n2Cc2ccccc2)cc1.